The molecule has 5 heteroatoms. The quantitative estimate of drug-likeness (QED) is 0.793. The number of carbonyl (C=O) groups excluding carboxylic acids is 1. The van der Waals surface area contributed by atoms with E-state index >= 15 is 0 Å². The van der Waals surface area contributed by atoms with Gasteiger partial charge in [0, 0.05) is 24.0 Å². The van der Waals surface area contributed by atoms with Gasteiger partial charge in [0.25, 0.3) is 0 Å². The van der Waals surface area contributed by atoms with Crippen LogP contribution in [0.4, 0.5) is 5.69 Å². The van der Waals surface area contributed by atoms with Crippen LogP contribution in [0.15, 0.2) is 18.3 Å². The maximum Gasteiger partial charge on any atom is 0.356 e. The molecule has 5 nitrogen and oxygen atoms in total. The fraction of sp³-hybridized carbons (Fsp3) is 0.538. The van der Waals surface area contributed by atoms with Gasteiger partial charge in [-0.2, -0.15) is 0 Å². The van der Waals surface area contributed by atoms with Gasteiger partial charge in [-0.05, 0) is 38.4 Å². The zero-order valence-electron chi connectivity index (χ0n) is 10.8. The van der Waals surface area contributed by atoms with Crippen molar-refractivity contribution in [1.29, 1.82) is 0 Å². The van der Waals surface area contributed by atoms with Gasteiger partial charge in [0.05, 0.1) is 7.11 Å². The molecule has 18 heavy (non-hydrogen) atoms. The summed E-state index contributed by atoms with van der Waals surface area (Å²) in [5.41, 5.74) is 1.26. The Labute approximate surface area is 107 Å². The molecule has 0 bridgehead atoms. The highest BCUT2D eigenvalue weighted by molar-refractivity contribution is 5.88. The number of aromatic nitrogens is 1. The molecule has 1 aliphatic heterocycles. The van der Waals surface area contributed by atoms with E-state index in [2.05, 4.69) is 27.3 Å². The highest BCUT2D eigenvalue weighted by Gasteiger charge is 2.18. The molecule has 0 spiro atoms. The first kappa shape index (κ1) is 12.8. The number of pyridine rings is 1. The average molecular weight is 249 g/mol. The molecule has 2 rings (SSSR count). The normalized spacial score (nSPS) is 23.4. The molecule has 98 valence electrons. The first-order chi connectivity index (χ1) is 8.69. The largest absolute Gasteiger partial charge is 0.464 e. The Bertz CT molecular complexity index is 422. The predicted molar refractivity (Wildman–Crippen MR) is 69.7 cm³/mol. The SMILES string of the molecule is COC(=O)c1cc(NC2CCNC(C)C2)ccn1. The predicted octanol–water partition coefficient (Wildman–Crippen LogP) is 1.42. The van der Waals surface area contributed by atoms with E-state index in [1.807, 2.05) is 6.07 Å². The van der Waals surface area contributed by atoms with E-state index in [0.29, 0.717) is 17.8 Å². The summed E-state index contributed by atoms with van der Waals surface area (Å²) in [4.78, 5) is 15.4. The minimum absolute atomic E-state index is 0.337. The van der Waals surface area contributed by atoms with Crippen LogP contribution in [0.5, 0.6) is 0 Å². The molecule has 0 saturated carbocycles. The number of nitrogens with zero attached hydrogens (tertiary/aromatic N) is 1. The second kappa shape index (κ2) is 5.82. The Balaban J connectivity index is 2.02. The lowest BCUT2D eigenvalue weighted by Gasteiger charge is -2.29. The summed E-state index contributed by atoms with van der Waals surface area (Å²) >= 11 is 0. The minimum Gasteiger partial charge on any atom is -0.464 e. The molecular formula is C13H19N3O2. The van der Waals surface area contributed by atoms with Gasteiger partial charge in [-0.25, -0.2) is 9.78 Å². The molecule has 2 heterocycles. The minimum atomic E-state index is -0.405. The Kier molecular flexibility index (Phi) is 4.15. The lowest BCUT2D eigenvalue weighted by molar-refractivity contribution is 0.0594. The maximum atomic E-state index is 11.4. The number of methoxy groups -OCH3 is 1. The molecule has 0 aromatic carbocycles. The van der Waals surface area contributed by atoms with Crippen LogP contribution in [0.25, 0.3) is 0 Å². The first-order valence-corrected chi connectivity index (χ1v) is 6.23. The molecule has 2 N–H and O–H groups in total. The summed E-state index contributed by atoms with van der Waals surface area (Å²) in [5, 5.41) is 6.85. The number of carbonyl (C=O) groups is 1. The molecule has 0 amide bonds. The molecule has 1 saturated heterocycles. The van der Waals surface area contributed by atoms with Crippen LogP contribution in [-0.2, 0) is 4.74 Å². The van der Waals surface area contributed by atoms with E-state index in [9.17, 15) is 4.79 Å². The molecule has 0 radical (unpaired) electrons. The topological polar surface area (TPSA) is 63.2 Å². The van der Waals surface area contributed by atoms with E-state index in [0.717, 1.165) is 25.1 Å². The van der Waals surface area contributed by atoms with Crippen molar-refractivity contribution in [2.24, 2.45) is 0 Å². The van der Waals surface area contributed by atoms with Gasteiger partial charge in [0.2, 0.25) is 0 Å². The van der Waals surface area contributed by atoms with Gasteiger partial charge in [-0.15, -0.1) is 0 Å². The van der Waals surface area contributed by atoms with Gasteiger partial charge in [-0.3, -0.25) is 0 Å². The fourth-order valence-electron chi connectivity index (χ4n) is 2.24. The monoisotopic (exact) mass is 249 g/mol. The van der Waals surface area contributed by atoms with Crippen LogP contribution in [0, 0.1) is 0 Å². The lowest BCUT2D eigenvalue weighted by atomic mass is 10.0. The summed E-state index contributed by atoms with van der Waals surface area (Å²) in [7, 11) is 1.36. The third-order valence-corrected chi connectivity index (χ3v) is 3.15. The zero-order chi connectivity index (χ0) is 13.0. The number of nitrogens with one attached hydrogen (secondary N) is 2. The molecule has 2 atom stereocenters. The molecule has 1 fully saturated rings. The molecule has 0 aliphatic carbocycles. The van der Waals surface area contributed by atoms with Crippen LogP contribution >= 0.6 is 0 Å². The Morgan fingerprint density at radius 2 is 2.44 bits per heavy atom. The van der Waals surface area contributed by atoms with Crippen molar-refractivity contribution in [1.82, 2.24) is 10.3 Å². The van der Waals surface area contributed by atoms with E-state index in [1.54, 1.807) is 12.3 Å². The van der Waals surface area contributed by atoms with E-state index in [-0.39, 0.29) is 0 Å². The van der Waals surface area contributed by atoms with Crippen molar-refractivity contribution in [3.8, 4) is 0 Å². The van der Waals surface area contributed by atoms with Gasteiger partial charge in [0.1, 0.15) is 5.69 Å². The Morgan fingerprint density at radius 3 is 3.17 bits per heavy atom. The number of ether oxygens (including phenoxy) is 1. The van der Waals surface area contributed by atoms with Crippen LogP contribution < -0.4 is 10.6 Å². The number of rotatable bonds is 3. The van der Waals surface area contributed by atoms with E-state index < -0.39 is 5.97 Å². The maximum absolute atomic E-state index is 11.4. The number of esters is 1. The van der Waals surface area contributed by atoms with Gasteiger partial charge in [0.15, 0.2) is 0 Å². The number of piperidine rings is 1. The summed E-state index contributed by atoms with van der Waals surface area (Å²) in [6, 6.07) is 4.57. The molecule has 2 unspecified atom stereocenters. The standard InChI is InChI=1S/C13H19N3O2/c1-9-7-10(3-5-14-9)16-11-4-6-15-12(8-11)13(17)18-2/h4,6,8-10,14H,3,5,7H2,1-2H3,(H,15,16). The van der Waals surface area contributed by atoms with Gasteiger partial charge >= 0.3 is 5.97 Å². The van der Waals surface area contributed by atoms with Crippen molar-refractivity contribution < 1.29 is 9.53 Å². The lowest BCUT2D eigenvalue weighted by Crippen LogP contribution is -2.41. The second-order valence-electron chi connectivity index (χ2n) is 4.64. The summed E-state index contributed by atoms with van der Waals surface area (Å²) in [6.07, 6.45) is 3.79. The molecular weight excluding hydrogens is 230 g/mol. The molecule has 1 aliphatic rings. The number of anilines is 1. The Hall–Kier alpha value is -1.62. The summed E-state index contributed by atoms with van der Waals surface area (Å²) in [6.45, 7) is 3.20. The molecule has 1 aromatic heterocycles. The average Bonchev–Trinajstić information content (AvgIpc) is 2.38. The van der Waals surface area contributed by atoms with Gasteiger partial charge in [-0.1, -0.05) is 0 Å². The van der Waals surface area contributed by atoms with Crippen LogP contribution in [0.2, 0.25) is 0 Å². The van der Waals surface area contributed by atoms with Crippen LogP contribution in [0.3, 0.4) is 0 Å². The van der Waals surface area contributed by atoms with Crippen LogP contribution in [0.1, 0.15) is 30.3 Å². The fourth-order valence-corrected chi connectivity index (χ4v) is 2.24. The zero-order valence-corrected chi connectivity index (χ0v) is 10.8. The number of hydrogen-bond donors (Lipinski definition) is 2. The smallest absolute Gasteiger partial charge is 0.356 e. The van der Waals surface area contributed by atoms with E-state index in [1.165, 1.54) is 7.11 Å². The molecule has 1 aromatic rings. The van der Waals surface area contributed by atoms with Crippen molar-refractivity contribution in [3.05, 3.63) is 24.0 Å². The summed E-state index contributed by atoms with van der Waals surface area (Å²) in [5.74, 6) is -0.405. The highest BCUT2D eigenvalue weighted by atomic mass is 16.5. The second-order valence-corrected chi connectivity index (χ2v) is 4.64. The third kappa shape index (κ3) is 3.20. The first-order valence-electron chi connectivity index (χ1n) is 6.23. The van der Waals surface area contributed by atoms with Crippen molar-refractivity contribution >= 4 is 11.7 Å². The van der Waals surface area contributed by atoms with Crippen molar-refractivity contribution in [2.45, 2.75) is 31.8 Å². The van der Waals surface area contributed by atoms with E-state index in [4.69, 9.17) is 0 Å². The highest BCUT2D eigenvalue weighted by Crippen LogP contribution is 2.16. The van der Waals surface area contributed by atoms with Gasteiger partial charge < -0.3 is 15.4 Å². The summed E-state index contributed by atoms with van der Waals surface area (Å²) < 4.78 is 4.66. The number of hydrogen-bond acceptors (Lipinski definition) is 5. The van der Waals surface area contributed by atoms with Crippen molar-refractivity contribution in [2.75, 3.05) is 19.0 Å². The van der Waals surface area contributed by atoms with Crippen LogP contribution in [-0.4, -0.2) is 36.7 Å². The third-order valence-electron chi connectivity index (χ3n) is 3.15. The Morgan fingerprint density at radius 1 is 1.61 bits per heavy atom. The van der Waals surface area contributed by atoms with Crippen molar-refractivity contribution in [3.63, 3.8) is 0 Å².